The van der Waals surface area contributed by atoms with Crippen LogP contribution >= 0.6 is 0 Å². The number of hydrogen-bond acceptors (Lipinski definition) is 6. The summed E-state index contributed by atoms with van der Waals surface area (Å²) in [6, 6.07) is 0. The number of carbonyl (C=O) groups excluding carboxylic acids is 1. The molecule has 1 rings (SSSR count). The van der Waals surface area contributed by atoms with Crippen molar-refractivity contribution < 1.29 is 28.8 Å². The monoisotopic (exact) mass is 388 g/mol. The Morgan fingerprint density at radius 2 is 1.70 bits per heavy atom. The molecule has 0 aromatic rings. The van der Waals surface area contributed by atoms with Gasteiger partial charge in [-0.15, -0.1) is 0 Å². The highest BCUT2D eigenvalue weighted by Crippen LogP contribution is 2.22. The number of hydrogen-bond donors (Lipinski definition) is 1. The highest BCUT2D eigenvalue weighted by Gasteiger charge is 2.32. The van der Waals surface area contributed by atoms with Crippen LogP contribution in [0.1, 0.15) is 85.0 Å². The zero-order valence-electron chi connectivity index (χ0n) is 17.5. The Balaban J connectivity index is 1.89. The molecular weight excluding hydrogens is 348 g/mol. The molecule has 160 valence electrons. The Labute approximate surface area is 164 Å². The van der Waals surface area contributed by atoms with Gasteiger partial charge in [0.15, 0.2) is 5.79 Å². The van der Waals surface area contributed by atoms with Crippen LogP contribution in [0.2, 0.25) is 0 Å². The van der Waals surface area contributed by atoms with Gasteiger partial charge in [0.1, 0.15) is 18.8 Å². The lowest BCUT2D eigenvalue weighted by molar-refractivity contribution is -0.152. The van der Waals surface area contributed by atoms with Crippen molar-refractivity contribution in [2.24, 2.45) is 0 Å². The molecule has 1 aliphatic heterocycles. The van der Waals surface area contributed by atoms with Crippen molar-refractivity contribution in [3.8, 4) is 0 Å². The number of rotatable bonds is 16. The summed E-state index contributed by atoms with van der Waals surface area (Å²) in [5.74, 6) is -0.816. The molecule has 0 radical (unpaired) electrons. The third kappa shape index (κ3) is 13.2. The molecule has 1 fully saturated rings. The molecule has 0 aromatic carbocycles. The van der Waals surface area contributed by atoms with Crippen LogP contribution in [-0.2, 0) is 23.7 Å². The Kier molecular flexibility index (Phi) is 12.9. The van der Waals surface area contributed by atoms with Crippen molar-refractivity contribution in [1.82, 2.24) is 0 Å². The van der Waals surface area contributed by atoms with Gasteiger partial charge in [-0.2, -0.15) is 0 Å². The van der Waals surface area contributed by atoms with Gasteiger partial charge < -0.3 is 24.1 Å². The van der Waals surface area contributed by atoms with Gasteiger partial charge in [-0.25, -0.2) is 0 Å². The molecule has 6 heteroatoms. The summed E-state index contributed by atoms with van der Waals surface area (Å²) in [6.45, 7) is 6.87. The molecule has 1 N–H and O–H groups in total. The second-order valence-corrected chi connectivity index (χ2v) is 7.90. The van der Waals surface area contributed by atoms with E-state index in [1.807, 2.05) is 13.8 Å². The van der Waals surface area contributed by atoms with Crippen LogP contribution in [0.4, 0.5) is 0 Å². The van der Waals surface area contributed by atoms with Gasteiger partial charge in [0.25, 0.3) is 0 Å². The predicted octanol–water partition coefficient (Wildman–Crippen LogP) is 3.98. The number of ether oxygens (including phenoxy) is 4. The summed E-state index contributed by atoms with van der Waals surface area (Å²) < 4.78 is 21.6. The second-order valence-electron chi connectivity index (χ2n) is 7.90. The van der Waals surface area contributed by atoms with E-state index in [-0.39, 0.29) is 25.3 Å². The van der Waals surface area contributed by atoms with Gasteiger partial charge in [-0.3, -0.25) is 4.79 Å². The minimum Gasteiger partial charge on any atom is -0.463 e. The fourth-order valence-electron chi connectivity index (χ4n) is 3.07. The van der Waals surface area contributed by atoms with Crippen LogP contribution in [0.3, 0.4) is 0 Å². The zero-order valence-corrected chi connectivity index (χ0v) is 17.5. The Bertz CT molecular complexity index is 385. The number of aliphatic hydroxyl groups is 1. The van der Waals surface area contributed by atoms with Gasteiger partial charge in [-0.1, -0.05) is 58.3 Å². The third-order valence-corrected chi connectivity index (χ3v) is 4.60. The lowest BCUT2D eigenvalue weighted by Crippen LogP contribution is -2.28. The lowest BCUT2D eigenvalue weighted by Gasteiger charge is -2.17. The van der Waals surface area contributed by atoms with Crippen LogP contribution < -0.4 is 0 Å². The van der Waals surface area contributed by atoms with E-state index in [1.165, 1.54) is 44.9 Å². The number of carbonyl (C=O) groups is 1. The van der Waals surface area contributed by atoms with Crippen LogP contribution in [-0.4, -0.2) is 55.5 Å². The molecule has 0 aromatic heterocycles. The summed E-state index contributed by atoms with van der Waals surface area (Å²) in [5.41, 5.74) is 0. The van der Waals surface area contributed by atoms with Gasteiger partial charge in [0.2, 0.25) is 0 Å². The molecule has 0 aliphatic carbocycles. The highest BCUT2D eigenvalue weighted by molar-refractivity contribution is 5.69. The quantitative estimate of drug-likeness (QED) is 0.318. The Hall–Kier alpha value is -0.690. The van der Waals surface area contributed by atoms with Crippen molar-refractivity contribution in [2.45, 2.75) is 103 Å². The van der Waals surface area contributed by atoms with Crippen LogP contribution in [0.15, 0.2) is 0 Å². The molecule has 27 heavy (non-hydrogen) atoms. The van der Waals surface area contributed by atoms with Crippen molar-refractivity contribution in [3.05, 3.63) is 0 Å². The number of esters is 1. The smallest absolute Gasteiger partial charge is 0.305 e. The minimum atomic E-state index is -0.813. The van der Waals surface area contributed by atoms with E-state index in [4.69, 9.17) is 18.9 Å². The first-order chi connectivity index (χ1) is 12.9. The predicted molar refractivity (Wildman–Crippen MR) is 105 cm³/mol. The largest absolute Gasteiger partial charge is 0.463 e. The van der Waals surface area contributed by atoms with E-state index < -0.39 is 11.9 Å². The van der Waals surface area contributed by atoms with E-state index in [0.29, 0.717) is 19.6 Å². The maximum Gasteiger partial charge on any atom is 0.305 e. The molecule has 0 amide bonds. The van der Waals surface area contributed by atoms with Crippen molar-refractivity contribution in [1.29, 1.82) is 0 Å². The van der Waals surface area contributed by atoms with E-state index in [2.05, 4.69) is 6.92 Å². The minimum absolute atomic E-state index is 0.0240. The first-order valence-corrected chi connectivity index (χ1v) is 10.7. The van der Waals surface area contributed by atoms with Crippen LogP contribution in [0, 0.1) is 0 Å². The van der Waals surface area contributed by atoms with Crippen LogP contribution in [0.25, 0.3) is 0 Å². The van der Waals surface area contributed by atoms with Crippen LogP contribution in [0.5, 0.6) is 0 Å². The normalized spacial score (nSPS) is 19.9. The average Bonchev–Trinajstić information content (AvgIpc) is 2.97. The van der Waals surface area contributed by atoms with Gasteiger partial charge in [0.05, 0.1) is 19.8 Å². The molecule has 0 saturated carbocycles. The lowest BCUT2D eigenvalue weighted by atomic mass is 10.1. The van der Waals surface area contributed by atoms with E-state index in [9.17, 15) is 9.90 Å². The second kappa shape index (κ2) is 14.3. The third-order valence-electron chi connectivity index (χ3n) is 4.60. The van der Waals surface area contributed by atoms with Gasteiger partial charge in [-0.05, 0) is 20.3 Å². The first kappa shape index (κ1) is 24.3. The molecule has 0 spiro atoms. The molecule has 2 unspecified atom stereocenters. The number of aliphatic hydroxyl groups excluding tert-OH is 1. The maximum absolute atomic E-state index is 11.7. The number of unbranched alkanes of at least 4 members (excludes halogenated alkanes) is 8. The van der Waals surface area contributed by atoms with Gasteiger partial charge in [0, 0.05) is 6.42 Å². The van der Waals surface area contributed by atoms with E-state index in [0.717, 1.165) is 12.8 Å². The fraction of sp³-hybridized carbons (Fsp3) is 0.952. The van der Waals surface area contributed by atoms with E-state index >= 15 is 0 Å². The summed E-state index contributed by atoms with van der Waals surface area (Å²) in [5, 5.41) is 9.83. The van der Waals surface area contributed by atoms with Gasteiger partial charge >= 0.3 is 5.97 Å². The molecule has 1 heterocycles. The Morgan fingerprint density at radius 3 is 2.30 bits per heavy atom. The molecule has 6 nitrogen and oxygen atoms in total. The van der Waals surface area contributed by atoms with Crippen molar-refractivity contribution in [2.75, 3.05) is 26.4 Å². The summed E-state index contributed by atoms with van der Waals surface area (Å²) >= 11 is 0. The standard InChI is InChI=1S/C21H40O6/c1-4-5-6-7-8-9-10-11-12-13-20(23)25-15-18(22)14-24-16-19-17-26-21(2,3)27-19/h18-19,22H,4-17H2,1-3H3. The molecule has 0 bridgehead atoms. The summed E-state index contributed by atoms with van der Waals surface area (Å²) in [6.07, 6.45) is 10.4. The summed E-state index contributed by atoms with van der Waals surface area (Å²) in [7, 11) is 0. The zero-order chi connectivity index (χ0) is 20.0. The average molecular weight is 389 g/mol. The van der Waals surface area contributed by atoms with Crippen molar-refractivity contribution >= 4 is 5.97 Å². The van der Waals surface area contributed by atoms with E-state index in [1.54, 1.807) is 0 Å². The Morgan fingerprint density at radius 1 is 1.07 bits per heavy atom. The molecule has 1 saturated heterocycles. The topological polar surface area (TPSA) is 74.2 Å². The first-order valence-electron chi connectivity index (χ1n) is 10.7. The fourth-order valence-corrected chi connectivity index (χ4v) is 3.07. The molecule has 2 atom stereocenters. The maximum atomic E-state index is 11.7. The molecule has 1 aliphatic rings. The molecular formula is C21H40O6. The summed E-state index contributed by atoms with van der Waals surface area (Å²) in [4.78, 5) is 11.7. The van der Waals surface area contributed by atoms with Crippen molar-refractivity contribution in [3.63, 3.8) is 0 Å². The SMILES string of the molecule is CCCCCCCCCCCC(=O)OCC(O)COCC1COC(C)(C)O1. The highest BCUT2D eigenvalue weighted by atomic mass is 16.7.